The van der Waals surface area contributed by atoms with Gasteiger partial charge in [0.1, 0.15) is 0 Å². The Morgan fingerprint density at radius 2 is 2.07 bits per heavy atom. The van der Waals surface area contributed by atoms with Crippen LogP contribution in [0.1, 0.15) is 38.8 Å². The van der Waals surface area contributed by atoms with Crippen molar-refractivity contribution in [3.8, 4) is 0 Å². The van der Waals surface area contributed by atoms with Crippen LogP contribution in [-0.2, 0) is 14.6 Å². The number of carbonyl (C=O) groups is 1. The number of nitrogens with zero attached hydrogens (tertiary/aromatic N) is 3. The summed E-state index contributed by atoms with van der Waals surface area (Å²) in [6.45, 7) is 8.24. The van der Waals surface area contributed by atoms with E-state index in [-0.39, 0.29) is 16.7 Å². The molecule has 0 unspecified atom stereocenters. The van der Waals surface area contributed by atoms with Crippen molar-refractivity contribution in [1.29, 1.82) is 0 Å². The Bertz CT molecular complexity index is 1000. The molecule has 2 heterocycles. The zero-order valence-electron chi connectivity index (χ0n) is 17.6. The van der Waals surface area contributed by atoms with Crippen molar-refractivity contribution < 1.29 is 13.2 Å². The molecule has 0 spiro atoms. The summed E-state index contributed by atoms with van der Waals surface area (Å²) in [6, 6.07) is 4.95. The molecule has 0 aliphatic carbocycles. The first kappa shape index (κ1) is 21.5. The average Bonchev–Trinajstić information content (AvgIpc) is 2.66. The summed E-state index contributed by atoms with van der Waals surface area (Å²) < 4.78 is 23.8. The molecule has 1 saturated heterocycles. The number of nitrogens with one attached hydrogen (secondary N) is 1. The second-order valence-corrected chi connectivity index (χ2v) is 10.3. The molecule has 7 nitrogen and oxygen atoms in total. The Balaban J connectivity index is 1.81. The summed E-state index contributed by atoms with van der Waals surface area (Å²) in [5.41, 5.74) is 1.41. The molecule has 158 valence electrons. The summed E-state index contributed by atoms with van der Waals surface area (Å²) in [7, 11) is -3.31. The molecule has 1 atom stereocenters. The number of hydrogen-bond acceptors (Lipinski definition) is 6. The van der Waals surface area contributed by atoms with Gasteiger partial charge in [-0.1, -0.05) is 13.8 Å². The smallest absolute Gasteiger partial charge is 0.226 e. The molecule has 1 aromatic heterocycles. The predicted octanol–water partition coefficient (Wildman–Crippen LogP) is 2.72. The fourth-order valence-corrected chi connectivity index (χ4v) is 4.27. The lowest BCUT2D eigenvalue weighted by Gasteiger charge is -2.32. The van der Waals surface area contributed by atoms with E-state index in [2.05, 4.69) is 29.1 Å². The SMILES string of the molecule is Cc1nc(N2CCC[C@H](C(=O)NCCC(C)C)C2)nc2cc(S(C)(=O)=O)ccc12. The van der Waals surface area contributed by atoms with Crippen LogP contribution in [0.3, 0.4) is 0 Å². The number of fused-ring (bicyclic) bond motifs is 1. The maximum atomic E-state index is 12.5. The van der Waals surface area contributed by atoms with Crippen LogP contribution in [0.25, 0.3) is 10.9 Å². The Kier molecular flexibility index (Phi) is 6.41. The Hall–Kier alpha value is -2.22. The third-order valence-electron chi connectivity index (χ3n) is 5.37. The largest absolute Gasteiger partial charge is 0.356 e. The summed E-state index contributed by atoms with van der Waals surface area (Å²) in [5, 5.41) is 3.88. The molecule has 1 aliphatic rings. The number of aryl methyl sites for hydroxylation is 1. The average molecular weight is 419 g/mol. The maximum Gasteiger partial charge on any atom is 0.226 e. The van der Waals surface area contributed by atoms with Crippen LogP contribution in [0, 0.1) is 18.8 Å². The lowest BCUT2D eigenvalue weighted by atomic mass is 9.97. The Morgan fingerprint density at radius 3 is 2.76 bits per heavy atom. The van der Waals surface area contributed by atoms with E-state index >= 15 is 0 Å². The van der Waals surface area contributed by atoms with Gasteiger partial charge in [-0.25, -0.2) is 18.4 Å². The van der Waals surface area contributed by atoms with E-state index in [0.29, 0.717) is 30.5 Å². The second-order valence-electron chi connectivity index (χ2n) is 8.32. The molecule has 1 aliphatic heterocycles. The van der Waals surface area contributed by atoms with Crippen molar-refractivity contribution in [2.24, 2.45) is 11.8 Å². The normalized spacial score (nSPS) is 17.7. The van der Waals surface area contributed by atoms with Gasteiger partial charge in [-0.2, -0.15) is 0 Å². The van der Waals surface area contributed by atoms with Crippen molar-refractivity contribution in [3.63, 3.8) is 0 Å². The number of sulfone groups is 1. The number of amides is 1. The molecule has 2 aromatic rings. The van der Waals surface area contributed by atoms with E-state index < -0.39 is 9.84 Å². The van der Waals surface area contributed by atoms with Gasteiger partial charge in [0.15, 0.2) is 9.84 Å². The van der Waals surface area contributed by atoms with Crippen LogP contribution in [0.4, 0.5) is 5.95 Å². The van der Waals surface area contributed by atoms with E-state index in [4.69, 9.17) is 0 Å². The van der Waals surface area contributed by atoms with Gasteiger partial charge < -0.3 is 10.2 Å². The first-order chi connectivity index (χ1) is 13.6. The molecule has 0 bridgehead atoms. The van der Waals surface area contributed by atoms with E-state index in [9.17, 15) is 13.2 Å². The highest BCUT2D eigenvalue weighted by atomic mass is 32.2. The molecule has 29 heavy (non-hydrogen) atoms. The van der Waals surface area contributed by atoms with Gasteiger partial charge in [0, 0.05) is 31.3 Å². The van der Waals surface area contributed by atoms with Crippen molar-refractivity contribution in [2.75, 3.05) is 30.8 Å². The van der Waals surface area contributed by atoms with E-state index in [0.717, 1.165) is 36.9 Å². The van der Waals surface area contributed by atoms with Crippen LogP contribution in [0.15, 0.2) is 23.1 Å². The topological polar surface area (TPSA) is 92.3 Å². The third-order valence-corrected chi connectivity index (χ3v) is 6.48. The number of piperidine rings is 1. The van der Waals surface area contributed by atoms with Crippen molar-refractivity contribution in [1.82, 2.24) is 15.3 Å². The van der Waals surface area contributed by atoms with Crippen LogP contribution >= 0.6 is 0 Å². The molecular formula is C21H30N4O3S. The van der Waals surface area contributed by atoms with Crippen molar-refractivity contribution >= 4 is 32.6 Å². The molecule has 3 rings (SSSR count). The highest BCUT2D eigenvalue weighted by molar-refractivity contribution is 7.90. The molecule has 0 radical (unpaired) electrons. The summed E-state index contributed by atoms with van der Waals surface area (Å²) in [5.74, 6) is 1.12. The predicted molar refractivity (Wildman–Crippen MR) is 115 cm³/mol. The van der Waals surface area contributed by atoms with Crippen LogP contribution in [0.2, 0.25) is 0 Å². The van der Waals surface area contributed by atoms with E-state index in [1.807, 2.05) is 11.8 Å². The minimum absolute atomic E-state index is 0.0853. The zero-order chi connectivity index (χ0) is 21.2. The Morgan fingerprint density at radius 1 is 1.31 bits per heavy atom. The molecule has 1 fully saturated rings. The monoisotopic (exact) mass is 418 g/mol. The highest BCUT2D eigenvalue weighted by Gasteiger charge is 2.27. The van der Waals surface area contributed by atoms with Crippen LogP contribution in [-0.4, -0.2) is 50.2 Å². The first-order valence-corrected chi connectivity index (χ1v) is 12.1. The third kappa shape index (κ3) is 5.23. The number of rotatable bonds is 6. The molecule has 1 N–H and O–H groups in total. The lowest BCUT2D eigenvalue weighted by Crippen LogP contribution is -2.44. The molecule has 0 saturated carbocycles. The summed E-state index contributed by atoms with van der Waals surface area (Å²) >= 11 is 0. The maximum absolute atomic E-state index is 12.5. The fraction of sp³-hybridized carbons (Fsp3) is 0.571. The molecule has 1 aromatic carbocycles. The number of hydrogen-bond donors (Lipinski definition) is 1. The zero-order valence-corrected chi connectivity index (χ0v) is 18.4. The van der Waals surface area contributed by atoms with Crippen LogP contribution < -0.4 is 10.2 Å². The Labute approximate surface area is 172 Å². The number of carbonyl (C=O) groups excluding carboxylic acids is 1. The fourth-order valence-electron chi connectivity index (χ4n) is 3.63. The van der Waals surface area contributed by atoms with Gasteiger partial charge in [0.25, 0.3) is 0 Å². The summed E-state index contributed by atoms with van der Waals surface area (Å²) in [6.07, 6.45) is 3.91. The highest BCUT2D eigenvalue weighted by Crippen LogP contribution is 2.25. The quantitative estimate of drug-likeness (QED) is 0.775. The number of anilines is 1. The lowest BCUT2D eigenvalue weighted by molar-refractivity contribution is -0.125. The molecular weight excluding hydrogens is 388 g/mol. The van der Waals surface area contributed by atoms with Gasteiger partial charge in [0.2, 0.25) is 11.9 Å². The van der Waals surface area contributed by atoms with Gasteiger partial charge in [-0.3, -0.25) is 4.79 Å². The second kappa shape index (κ2) is 8.65. The minimum Gasteiger partial charge on any atom is -0.356 e. The van der Waals surface area contributed by atoms with Gasteiger partial charge in [0.05, 0.1) is 22.0 Å². The number of aromatic nitrogens is 2. The van der Waals surface area contributed by atoms with Gasteiger partial charge in [-0.15, -0.1) is 0 Å². The van der Waals surface area contributed by atoms with Crippen molar-refractivity contribution in [2.45, 2.75) is 44.9 Å². The first-order valence-electron chi connectivity index (χ1n) is 10.2. The minimum atomic E-state index is -3.31. The van der Waals surface area contributed by atoms with E-state index in [1.165, 1.54) is 6.26 Å². The van der Waals surface area contributed by atoms with Gasteiger partial charge in [-0.05, 0) is 50.3 Å². The summed E-state index contributed by atoms with van der Waals surface area (Å²) in [4.78, 5) is 24.1. The molecule has 8 heteroatoms. The van der Waals surface area contributed by atoms with Gasteiger partial charge >= 0.3 is 0 Å². The molecule has 1 amide bonds. The van der Waals surface area contributed by atoms with Crippen LogP contribution in [0.5, 0.6) is 0 Å². The van der Waals surface area contributed by atoms with E-state index in [1.54, 1.807) is 18.2 Å². The number of benzene rings is 1. The standard InChI is InChI=1S/C21H30N4O3S/c1-14(2)9-10-22-20(26)16-6-5-11-25(13-16)21-23-15(3)18-8-7-17(29(4,27)28)12-19(18)24-21/h7-8,12,14,16H,5-6,9-11,13H2,1-4H3,(H,22,26)/t16-/m0/s1. The van der Waals surface area contributed by atoms with Crippen molar-refractivity contribution in [3.05, 3.63) is 23.9 Å².